The van der Waals surface area contributed by atoms with Gasteiger partial charge in [0.2, 0.25) is 0 Å². The van der Waals surface area contributed by atoms with Gasteiger partial charge in [-0.1, -0.05) is 12.1 Å². The number of rotatable bonds is 4. The molecule has 17 heavy (non-hydrogen) atoms. The minimum atomic E-state index is -0.148. The van der Waals surface area contributed by atoms with E-state index < -0.39 is 0 Å². The lowest BCUT2D eigenvalue weighted by molar-refractivity contribution is 0.104. The standard InChI is InChI=1S/C13H17N3O/c1-15-11-8-16(9-11)13(7-14)10-3-5-12(17-2)6-4-10/h3-6,11,13,15H,8-9H2,1-2H3/t13-/m0/s1. The zero-order valence-corrected chi connectivity index (χ0v) is 10.2. The second kappa shape index (κ2) is 5.17. The van der Waals surface area contributed by atoms with Gasteiger partial charge in [0, 0.05) is 19.1 Å². The largest absolute Gasteiger partial charge is 0.497 e. The molecule has 0 amide bonds. The van der Waals surface area contributed by atoms with E-state index in [-0.39, 0.29) is 6.04 Å². The summed E-state index contributed by atoms with van der Waals surface area (Å²) in [7, 11) is 3.60. The average Bonchev–Trinajstić information content (AvgIpc) is 2.33. The van der Waals surface area contributed by atoms with E-state index in [4.69, 9.17) is 4.74 Å². The maximum atomic E-state index is 9.26. The second-order valence-electron chi connectivity index (χ2n) is 4.24. The van der Waals surface area contributed by atoms with E-state index in [0.29, 0.717) is 6.04 Å². The fourth-order valence-electron chi connectivity index (χ4n) is 2.06. The van der Waals surface area contributed by atoms with Crippen LogP contribution in [0.4, 0.5) is 0 Å². The summed E-state index contributed by atoms with van der Waals surface area (Å²) in [6.07, 6.45) is 0. The van der Waals surface area contributed by atoms with E-state index in [1.807, 2.05) is 31.3 Å². The van der Waals surface area contributed by atoms with Gasteiger partial charge in [-0.25, -0.2) is 0 Å². The molecule has 4 heteroatoms. The molecule has 1 saturated heterocycles. The number of nitrogens with zero attached hydrogens (tertiary/aromatic N) is 2. The molecule has 0 saturated carbocycles. The summed E-state index contributed by atoms with van der Waals surface area (Å²) in [6.45, 7) is 1.86. The van der Waals surface area contributed by atoms with Crippen LogP contribution in [-0.2, 0) is 0 Å². The molecule has 1 fully saturated rings. The molecule has 1 aliphatic rings. The van der Waals surface area contributed by atoms with Crippen LogP contribution in [0.3, 0.4) is 0 Å². The molecule has 1 N–H and O–H groups in total. The zero-order valence-electron chi connectivity index (χ0n) is 10.2. The van der Waals surface area contributed by atoms with Gasteiger partial charge in [0.25, 0.3) is 0 Å². The van der Waals surface area contributed by atoms with Crippen molar-refractivity contribution in [1.29, 1.82) is 5.26 Å². The van der Waals surface area contributed by atoms with Crippen molar-refractivity contribution in [2.75, 3.05) is 27.2 Å². The van der Waals surface area contributed by atoms with Gasteiger partial charge in [-0.3, -0.25) is 4.90 Å². The monoisotopic (exact) mass is 231 g/mol. The number of benzene rings is 1. The van der Waals surface area contributed by atoms with Gasteiger partial charge < -0.3 is 10.1 Å². The molecule has 2 rings (SSSR count). The van der Waals surface area contributed by atoms with Crippen LogP contribution >= 0.6 is 0 Å². The number of nitriles is 1. The molecular weight excluding hydrogens is 214 g/mol. The predicted molar refractivity (Wildman–Crippen MR) is 65.8 cm³/mol. The molecule has 0 bridgehead atoms. The third kappa shape index (κ3) is 2.41. The Kier molecular flexibility index (Phi) is 3.62. The zero-order chi connectivity index (χ0) is 12.3. The highest BCUT2D eigenvalue weighted by molar-refractivity contribution is 5.32. The Bertz CT molecular complexity index is 404. The van der Waals surface area contributed by atoms with Crippen LogP contribution in [0, 0.1) is 11.3 Å². The summed E-state index contributed by atoms with van der Waals surface area (Å²) in [5.74, 6) is 0.821. The average molecular weight is 231 g/mol. The molecule has 1 heterocycles. The van der Waals surface area contributed by atoms with E-state index in [0.717, 1.165) is 24.4 Å². The molecule has 1 aromatic carbocycles. The highest BCUT2D eigenvalue weighted by Gasteiger charge is 2.32. The van der Waals surface area contributed by atoms with E-state index in [9.17, 15) is 5.26 Å². The first-order valence-electron chi connectivity index (χ1n) is 5.73. The number of hydrogen-bond acceptors (Lipinski definition) is 4. The van der Waals surface area contributed by atoms with Crippen LogP contribution in [0.1, 0.15) is 11.6 Å². The SMILES string of the molecule is CNC1CN([C@@H](C#N)c2ccc(OC)cc2)C1. The van der Waals surface area contributed by atoms with E-state index in [1.54, 1.807) is 7.11 Å². The van der Waals surface area contributed by atoms with Crippen molar-refractivity contribution >= 4 is 0 Å². The molecule has 0 aliphatic carbocycles. The Morgan fingerprint density at radius 3 is 2.53 bits per heavy atom. The van der Waals surface area contributed by atoms with Crippen molar-refractivity contribution in [2.24, 2.45) is 0 Å². The fourth-order valence-corrected chi connectivity index (χ4v) is 2.06. The molecule has 0 radical (unpaired) electrons. The van der Waals surface area contributed by atoms with Gasteiger partial charge in [-0.05, 0) is 24.7 Å². The number of likely N-dealkylation sites (N-methyl/N-ethyl adjacent to an activating group) is 1. The number of ether oxygens (including phenoxy) is 1. The van der Waals surface area contributed by atoms with Crippen LogP contribution in [-0.4, -0.2) is 38.2 Å². The number of nitrogens with one attached hydrogen (secondary N) is 1. The van der Waals surface area contributed by atoms with Gasteiger partial charge in [0.1, 0.15) is 11.8 Å². The van der Waals surface area contributed by atoms with Gasteiger partial charge in [0.05, 0.1) is 13.2 Å². The minimum Gasteiger partial charge on any atom is -0.497 e. The molecule has 0 aromatic heterocycles. The molecule has 0 spiro atoms. The smallest absolute Gasteiger partial charge is 0.123 e. The maximum Gasteiger partial charge on any atom is 0.123 e. The van der Waals surface area contributed by atoms with Crippen LogP contribution < -0.4 is 10.1 Å². The molecule has 1 atom stereocenters. The van der Waals surface area contributed by atoms with Crippen molar-refractivity contribution in [3.05, 3.63) is 29.8 Å². The summed E-state index contributed by atoms with van der Waals surface area (Å²) in [5, 5.41) is 12.5. The lowest BCUT2D eigenvalue weighted by Gasteiger charge is -2.41. The van der Waals surface area contributed by atoms with E-state index in [2.05, 4.69) is 16.3 Å². The normalized spacial score (nSPS) is 18.2. The summed E-state index contributed by atoms with van der Waals surface area (Å²) >= 11 is 0. The number of hydrogen-bond donors (Lipinski definition) is 1. The summed E-state index contributed by atoms with van der Waals surface area (Å²) < 4.78 is 5.11. The Hall–Kier alpha value is -1.57. The first kappa shape index (κ1) is 11.9. The highest BCUT2D eigenvalue weighted by Crippen LogP contribution is 2.26. The molecular formula is C13H17N3O. The topological polar surface area (TPSA) is 48.3 Å². The minimum absolute atomic E-state index is 0.148. The van der Waals surface area contributed by atoms with Gasteiger partial charge in [-0.15, -0.1) is 0 Å². The molecule has 1 aliphatic heterocycles. The fraction of sp³-hybridized carbons (Fsp3) is 0.462. The highest BCUT2D eigenvalue weighted by atomic mass is 16.5. The van der Waals surface area contributed by atoms with Crippen LogP contribution in [0.15, 0.2) is 24.3 Å². The molecule has 4 nitrogen and oxygen atoms in total. The van der Waals surface area contributed by atoms with Crippen LogP contribution in [0.5, 0.6) is 5.75 Å². The van der Waals surface area contributed by atoms with Crippen LogP contribution in [0.25, 0.3) is 0 Å². The molecule has 1 aromatic rings. The van der Waals surface area contributed by atoms with Gasteiger partial charge in [0.15, 0.2) is 0 Å². The van der Waals surface area contributed by atoms with Crippen molar-refractivity contribution < 1.29 is 4.74 Å². The third-order valence-corrected chi connectivity index (χ3v) is 3.24. The number of methoxy groups -OCH3 is 1. The molecule has 90 valence electrons. The second-order valence-corrected chi connectivity index (χ2v) is 4.24. The Morgan fingerprint density at radius 1 is 1.41 bits per heavy atom. The Morgan fingerprint density at radius 2 is 2.06 bits per heavy atom. The van der Waals surface area contributed by atoms with Gasteiger partial charge in [-0.2, -0.15) is 5.26 Å². The van der Waals surface area contributed by atoms with E-state index in [1.165, 1.54) is 0 Å². The lowest BCUT2D eigenvalue weighted by Crippen LogP contribution is -2.57. The van der Waals surface area contributed by atoms with Crippen molar-refractivity contribution in [3.63, 3.8) is 0 Å². The quantitative estimate of drug-likeness (QED) is 0.845. The Labute approximate surface area is 102 Å². The van der Waals surface area contributed by atoms with Crippen molar-refractivity contribution in [1.82, 2.24) is 10.2 Å². The number of likely N-dealkylation sites (tertiary alicyclic amines) is 1. The van der Waals surface area contributed by atoms with Crippen LogP contribution in [0.2, 0.25) is 0 Å². The Balaban J connectivity index is 2.06. The third-order valence-electron chi connectivity index (χ3n) is 3.24. The maximum absolute atomic E-state index is 9.26. The molecule has 0 unspecified atom stereocenters. The lowest BCUT2D eigenvalue weighted by atomic mass is 10.0. The first-order valence-corrected chi connectivity index (χ1v) is 5.73. The van der Waals surface area contributed by atoms with Crippen molar-refractivity contribution in [3.8, 4) is 11.8 Å². The summed E-state index contributed by atoms with van der Waals surface area (Å²) in [6, 6.07) is 10.4. The first-order chi connectivity index (χ1) is 8.28. The van der Waals surface area contributed by atoms with Crippen molar-refractivity contribution in [2.45, 2.75) is 12.1 Å². The summed E-state index contributed by atoms with van der Waals surface area (Å²) in [4.78, 5) is 2.17. The predicted octanol–water partition coefficient (Wildman–Crippen LogP) is 1.16. The summed E-state index contributed by atoms with van der Waals surface area (Å²) in [5.41, 5.74) is 1.03. The van der Waals surface area contributed by atoms with Gasteiger partial charge >= 0.3 is 0 Å². The van der Waals surface area contributed by atoms with E-state index >= 15 is 0 Å².